The monoisotopic (exact) mass is 279 g/mol. The van der Waals surface area contributed by atoms with Crippen molar-refractivity contribution in [3.63, 3.8) is 0 Å². The van der Waals surface area contributed by atoms with E-state index >= 15 is 0 Å². The maximum atomic E-state index is 11.5. The molecule has 1 aliphatic heterocycles. The van der Waals surface area contributed by atoms with Gasteiger partial charge in [0.15, 0.2) is 0 Å². The topological polar surface area (TPSA) is 67.2 Å². The Labute approximate surface area is 118 Å². The van der Waals surface area contributed by atoms with Gasteiger partial charge in [0.1, 0.15) is 0 Å². The molecule has 0 unspecified atom stereocenters. The van der Waals surface area contributed by atoms with Crippen molar-refractivity contribution in [2.24, 2.45) is 5.92 Å². The summed E-state index contributed by atoms with van der Waals surface area (Å²) in [6.07, 6.45) is 2.54. The molecule has 1 fully saturated rings. The van der Waals surface area contributed by atoms with Gasteiger partial charge in [0, 0.05) is 19.2 Å². The number of amides is 1. The van der Waals surface area contributed by atoms with E-state index in [1.807, 2.05) is 17.8 Å². The first-order valence-electron chi connectivity index (χ1n) is 6.64. The van der Waals surface area contributed by atoms with Crippen molar-refractivity contribution in [1.82, 2.24) is 5.32 Å². The zero-order valence-corrected chi connectivity index (χ0v) is 12.1. The van der Waals surface area contributed by atoms with Crippen molar-refractivity contribution >= 4 is 29.0 Å². The molecule has 1 aromatic carbocycles. The second kappa shape index (κ2) is 6.70. The third-order valence-corrected chi connectivity index (χ3v) is 4.51. The molecule has 0 atom stereocenters. The number of nitrogens with two attached hydrogens (primary N) is 1. The average Bonchev–Trinajstić information content (AvgIpc) is 2.46. The number of thioether (sulfide) groups is 1. The Kier molecular flexibility index (Phi) is 4.96. The highest BCUT2D eigenvalue weighted by Gasteiger charge is 2.14. The first-order chi connectivity index (χ1) is 9.20. The van der Waals surface area contributed by atoms with Crippen molar-refractivity contribution in [2.45, 2.75) is 12.8 Å². The van der Waals surface area contributed by atoms with Gasteiger partial charge in [0.05, 0.1) is 11.4 Å². The van der Waals surface area contributed by atoms with Crippen LogP contribution in [0, 0.1) is 5.92 Å². The second-order valence-electron chi connectivity index (χ2n) is 4.82. The van der Waals surface area contributed by atoms with Crippen LogP contribution in [-0.4, -0.2) is 31.0 Å². The summed E-state index contributed by atoms with van der Waals surface area (Å²) in [4.78, 5) is 11.5. The van der Waals surface area contributed by atoms with Crippen molar-refractivity contribution < 1.29 is 4.79 Å². The third-order valence-electron chi connectivity index (χ3n) is 3.46. The molecular formula is C14H21N3OS. The number of hydrogen-bond acceptors (Lipinski definition) is 4. The molecule has 4 nitrogen and oxygen atoms in total. The summed E-state index contributed by atoms with van der Waals surface area (Å²) in [5.41, 5.74) is 8.13. The molecule has 1 amide bonds. The molecule has 1 aromatic rings. The number of carbonyl (C=O) groups excluding carboxylic acids is 1. The van der Waals surface area contributed by atoms with Crippen molar-refractivity contribution in [3.05, 3.63) is 23.8 Å². The number of hydrogen-bond donors (Lipinski definition) is 3. The number of carbonyl (C=O) groups is 1. The Morgan fingerprint density at radius 2 is 2.16 bits per heavy atom. The molecule has 0 aliphatic carbocycles. The van der Waals surface area contributed by atoms with Gasteiger partial charge >= 0.3 is 0 Å². The average molecular weight is 279 g/mol. The van der Waals surface area contributed by atoms with Crippen molar-refractivity contribution in [1.29, 1.82) is 0 Å². The lowest BCUT2D eigenvalue weighted by Gasteiger charge is -2.22. The molecule has 0 aromatic heterocycles. The van der Waals surface area contributed by atoms with Crippen LogP contribution >= 0.6 is 11.8 Å². The Bertz CT molecular complexity index is 444. The standard InChI is InChI=1S/C14H21N3OS/c1-16-14(18)11-2-3-13(12(15)8-11)17-9-10-4-6-19-7-5-10/h2-3,8,10,17H,4-7,9,15H2,1H3,(H,16,18). The highest BCUT2D eigenvalue weighted by molar-refractivity contribution is 7.99. The summed E-state index contributed by atoms with van der Waals surface area (Å²) in [7, 11) is 1.62. The molecule has 0 radical (unpaired) electrons. The highest BCUT2D eigenvalue weighted by atomic mass is 32.2. The zero-order chi connectivity index (χ0) is 13.7. The summed E-state index contributed by atoms with van der Waals surface area (Å²) in [6, 6.07) is 5.41. The Morgan fingerprint density at radius 1 is 1.42 bits per heavy atom. The minimum Gasteiger partial charge on any atom is -0.397 e. The molecule has 19 heavy (non-hydrogen) atoms. The lowest BCUT2D eigenvalue weighted by atomic mass is 10.0. The lowest BCUT2D eigenvalue weighted by Crippen LogP contribution is -2.20. The Hall–Kier alpha value is -1.36. The largest absolute Gasteiger partial charge is 0.397 e. The molecule has 4 N–H and O–H groups in total. The molecule has 5 heteroatoms. The fourth-order valence-corrected chi connectivity index (χ4v) is 3.42. The molecule has 2 rings (SSSR count). The minimum atomic E-state index is -0.109. The van der Waals surface area contributed by atoms with Crippen LogP contribution in [0.4, 0.5) is 11.4 Å². The smallest absolute Gasteiger partial charge is 0.251 e. The van der Waals surface area contributed by atoms with Crippen LogP contribution in [0.15, 0.2) is 18.2 Å². The quantitative estimate of drug-likeness (QED) is 0.739. The fraction of sp³-hybridized carbons (Fsp3) is 0.500. The number of nitrogens with one attached hydrogen (secondary N) is 2. The van der Waals surface area contributed by atoms with Crippen LogP contribution < -0.4 is 16.4 Å². The minimum absolute atomic E-state index is 0.109. The maximum absolute atomic E-state index is 11.5. The van der Waals surface area contributed by atoms with Gasteiger partial charge in [0.25, 0.3) is 5.91 Å². The molecule has 0 spiro atoms. The van der Waals surface area contributed by atoms with E-state index in [2.05, 4.69) is 10.6 Å². The Morgan fingerprint density at radius 3 is 2.79 bits per heavy atom. The van der Waals surface area contributed by atoms with Crippen LogP contribution in [0.2, 0.25) is 0 Å². The van der Waals surface area contributed by atoms with Crippen LogP contribution in [0.1, 0.15) is 23.2 Å². The number of rotatable bonds is 4. The summed E-state index contributed by atoms with van der Waals surface area (Å²) < 4.78 is 0. The predicted molar refractivity (Wildman–Crippen MR) is 82.8 cm³/mol. The van der Waals surface area contributed by atoms with Gasteiger partial charge in [-0.05, 0) is 48.5 Å². The lowest BCUT2D eigenvalue weighted by molar-refractivity contribution is 0.0963. The van der Waals surface area contributed by atoms with E-state index in [0.717, 1.165) is 18.2 Å². The first-order valence-corrected chi connectivity index (χ1v) is 7.79. The van der Waals surface area contributed by atoms with E-state index in [-0.39, 0.29) is 5.91 Å². The van der Waals surface area contributed by atoms with E-state index in [1.54, 1.807) is 19.2 Å². The van der Waals surface area contributed by atoms with Gasteiger partial charge in [-0.3, -0.25) is 4.79 Å². The van der Waals surface area contributed by atoms with Crippen LogP contribution in [0.25, 0.3) is 0 Å². The third kappa shape index (κ3) is 3.80. The summed E-state index contributed by atoms with van der Waals surface area (Å²) in [6.45, 7) is 0.962. The fourth-order valence-electron chi connectivity index (χ4n) is 2.21. The van der Waals surface area contributed by atoms with E-state index < -0.39 is 0 Å². The van der Waals surface area contributed by atoms with Crippen LogP contribution in [0.3, 0.4) is 0 Å². The maximum Gasteiger partial charge on any atom is 0.251 e. The van der Waals surface area contributed by atoms with E-state index in [1.165, 1.54) is 24.3 Å². The van der Waals surface area contributed by atoms with Crippen molar-refractivity contribution in [3.8, 4) is 0 Å². The predicted octanol–water partition coefficient (Wildman–Crippen LogP) is 2.18. The van der Waals surface area contributed by atoms with Crippen LogP contribution in [0.5, 0.6) is 0 Å². The molecule has 0 saturated carbocycles. The number of benzene rings is 1. The van der Waals surface area contributed by atoms with E-state index in [9.17, 15) is 4.79 Å². The molecule has 0 bridgehead atoms. The van der Waals surface area contributed by atoms with Gasteiger partial charge in [0.2, 0.25) is 0 Å². The van der Waals surface area contributed by atoms with Gasteiger partial charge < -0.3 is 16.4 Å². The van der Waals surface area contributed by atoms with Gasteiger partial charge in [-0.2, -0.15) is 11.8 Å². The number of nitrogen functional groups attached to an aromatic ring is 1. The van der Waals surface area contributed by atoms with E-state index in [0.29, 0.717) is 11.3 Å². The summed E-state index contributed by atoms with van der Waals surface area (Å²) in [5.74, 6) is 3.15. The van der Waals surface area contributed by atoms with Gasteiger partial charge in [-0.15, -0.1) is 0 Å². The number of anilines is 2. The van der Waals surface area contributed by atoms with Gasteiger partial charge in [-0.25, -0.2) is 0 Å². The SMILES string of the molecule is CNC(=O)c1ccc(NCC2CCSCC2)c(N)c1. The summed E-state index contributed by atoms with van der Waals surface area (Å²) >= 11 is 2.03. The molecule has 1 saturated heterocycles. The normalized spacial score (nSPS) is 16.1. The van der Waals surface area contributed by atoms with E-state index in [4.69, 9.17) is 5.73 Å². The molecule has 1 heterocycles. The van der Waals surface area contributed by atoms with Gasteiger partial charge in [-0.1, -0.05) is 0 Å². The van der Waals surface area contributed by atoms with Crippen molar-refractivity contribution in [2.75, 3.05) is 36.1 Å². The second-order valence-corrected chi connectivity index (χ2v) is 6.04. The molecule has 1 aliphatic rings. The Balaban J connectivity index is 1.95. The zero-order valence-electron chi connectivity index (χ0n) is 11.2. The molecular weight excluding hydrogens is 258 g/mol. The first kappa shape index (κ1) is 14.1. The summed E-state index contributed by atoms with van der Waals surface area (Å²) in [5, 5.41) is 6.00. The molecule has 104 valence electrons. The van der Waals surface area contributed by atoms with Crippen LogP contribution in [-0.2, 0) is 0 Å². The highest BCUT2D eigenvalue weighted by Crippen LogP contribution is 2.25.